The smallest absolute Gasteiger partial charge is 0.211 e. The minimum atomic E-state index is -3.29. The van der Waals surface area contributed by atoms with Gasteiger partial charge in [0.05, 0.1) is 6.26 Å². The fourth-order valence-electron chi connectivity index (χ4n) is 4.37. The largest absolute Gasteiger partial charge is 0.494 e. The summed E-state index contributed by atoms with van der Waals surface area (Å²) in [5.41, 5.74) is 1.73. The highest BCUT2D eigenvalue weighted by Crippen LogP contribution is 2.40. The quantitative estimate of drug-likeness (QED) is 0.722. The van der Waals surface area contributed by atoms with Gasteiger partial charge < -0.3 is 10.2 Å². The Hall–Kier alpha value is -1.21. The van der Waals surface area contributed by atoms with Crippen LogP contribution in [-0.2, 0) is 29.4 Å². The lowest BCUT2D eigenvalue weighted by Gasteiger charge is -2.31. The summed E-state index contributed by atoms with van der Waals surface area (Å²) in [5, 5.41) is 20.9. The number of hydrogen-bond acceptors (Lipinski definition) is 4. The maximum absolute atomic E-state index is 12.3. The maximum Gasteiger partial charge on any atom is 0.211 e. The lowest BCUT2D eigenvalue weighted by Crippen LogP contribution is -2.42. The van der Waals surface area contributed by atoms with Crippen LogP contribution in [0.1, 0.15) is 57.1 Å². The average molecular weight is 385 g/mol. The van der Waals surface area contributed by atoms with Crippen LogP contribution in [0.5, 0.6) is 11.8 Å². The summed E-state index contributed by atoms with van der Waals surface area (Å²) in [6.07, 6.45) is 7.88. The van der Waals surface area contributed by atoms with Crippen LogP contribution in [0.25, 0.3) is 0 Å². The number of nitrogens with zero attached hydrogens (tertiary/aromatic N) is 2. The van der Waals surface area contributed by atoms with Gasteiger partial charge in [0.25, 0.3) is 0 Å². The monoisotopic (exact) mass is 384 g/mol. The van der Waals surface area contributed by atoms with Gasteiger partial charge in [0.1, 0.15) is 0 Å². The van der Waals surface area contributed by atoms with Gasteiger partial charge in [-0.3, -0.25) is 4.57 Å². The summed E-state index contributed by atoms with van der Waals surface area (Å²) in [4.78, 5) is 0. The van der Waals surface area contributed by atoms with E-state index >= 15 is 0 Å². The number of sulfonamides is 1. The van der Waals surface area contributed by atoms with Crippen LogP contribution in [0.15, 0.2) is 0 Å². The van der Waals surface area contributed by atoms with Crippen molar-refractivity contribution < 1.29 is 18.6 Å². The Labute approximate surface area is 156 Å². The average Bonchev–Trinajstić information content (AvgIpc) is 3.40. The zero-order chi connectivity index (χ0) is 19.1. The van der Waals surface area contributed by atoms with E-state index in [0.717, 1.165) is 36.8 Å². The van der Waals surface area contributed by atoms with Gasteiger partial charge in [0.15, 0.2) is 11.8 Å². The van der Waals surface area contributed by atoms with E-state index in [2.05, 4.69) is 6.92 Å². The Morgan fingerprint density at radius 2 is 1.65 bits per heavy atom. The Bertz CT molecular complexity index is 723. The lowest BCUT2D eigenvalue weighted by atomic mass is 9.95. The van der Waals surface area contributed by atoms with Crippen molar-refractivity contribution >= 4 is 10.0 Å². The van der Waals surface area contributed by atoms with Gasteiger partial charge in [-0.05, 0) is 63.7 Å². The van der Waals surface area contributed by atoms with E-state index in [0.29, 0.717) is 31.3 Å². The molecule has 1 saturated carbocycles. The zero-order valence-electron chi connectivity index (χ0n) is 16.1. The molecule has 1 aromatic heterocycles. The second kappa shape index (κ2) is 7.43. The van der Waals surface area contributed by atoms with Crippen LogP contribution in [0.2, 0.25) is 0 Å². The molecule has 2 aliphatic carbocycles. The molecule has 2 unspecified atom stereocenters. The number of aromatic hydroxyl groups is 2. The van der Waals surface area contributed by atoms with E-state index < -0.39 is 10.0 Å². The third-order valence-electron chi connectivity index (χ3n) is 6.29. The maximum atomic E-state index is 12.3. The summed E-state index contributed by atoms with van der Waals surface area (Å²) >= 11 is 0. The normalized spacial score (nSPS) is 20.2. The minimum absolute atomic E-state index is 0.0300. The third-order valence-corrected chi connectivity index (χ3v) is 7.65. The molecule has 0 bridgehead atoms. The van der Waals surface area contributed by atoms with Crippen LogP contribution >= 0.6 is 0 Å². The highest BCUT2D eigenvalue weighted by molar-refractivity contribution is 7.88. The Kier molecular flexibility index (Phi) is 5.58. The summed E-state index contributed by atoms with van der Waals surface area (Å²) in [5.74, 6) is 1.30. The second-order valence-corrected chi connectivity index (χ2v) is 10.1. The molecule has 2 aliphatic rings. The molecule has 7 heteroatoms. The van der Waals surface area contributed by atoms with Crippen molar-refractivity contribution in [3.05, 3.63) is 11.1 Å². The van der Waals surface area contributed by atoms with Crippen molar-refractivity contribution in [2.75, 3.05) is 12.8 Å². The molecule has 1 fully saturated rings. The van der Waals surface area contributed by atoms with Crippen molar-refractivity contribution in [2.24, 2.45) is 11.8 Å². The first-order valence-corrected chi connectivity index (χ1v) is 11.7. The molecule has 2 N–H and O–H groups in total. The zero-order valence-corrected chi connectivity index (χ0v) is 16.9. The van der Waals surface area contributed by atoms with Crippen molar-refractivity contribution in [3.63, 3.8) is 0 Å². The predicted molar refractivity (Wildman–Crippen MR) is 102 cm³/mol. The standard InChI is InChI=1S/C19H32N2O4S/c1-13(15-9-10-15)14(2)21(26(3,24)25)12-6-11-20-18(22)16-7-4-5-8-17(16)19(20)23/h13-15,22-23H,4-12H2,1-3H3. The number of rotatable bonds is 8. The van der Waals surface area contributed by atoms with Crippen molar-refractivity contribution in [1.82, 2.24) is 8.87 Å². The third kappa shape index (κ3) is 3.88. The van der Waals surface area contributed by atoms with Crippen molar-refractivity contribution in [1.29, 1.82) is 0 Å². The van der Waals surface area contributed by atoms with Gasteiger partial charge in [-0.2, -0.15) is 4.31 Å². The van der Waals surface area contributed by atoms with Gasteiger partial charge in [0, 0.05) is 30.3 Å². The molecule has 0 amide bonds. The Balaban J connectivity index is 1.68. The molecular formula is C19H32N2O4S. The number of hydrogen-bond donors (Lipinski definition) is 2. The fraction of sp³-hybridized carbons (Fsp3) is 0.789. The molecule has 26 heavy (non-hydrogen) atoms. The van der Waals surface area contributed by atoms with Gasteiger partial charge in [0.2, 0.25) is 10.0 Å². The molecule has 148 valence electrons. The molecule has 2 atom stereocenters. The predicted octanol–water partition coefficient (Wildman–Crippen LogP) is 2.86. The van der Waals surface area contributed by atoms with E-state index in [9.17, 15) is 18.6 Å². The minimum Gasteiger partial charge on any atom is -0.494 e. The summed E-state index contributed by atoms with van der Waals surface area (Å²) in [6.45, 7) is 4.95. The molecule has 1 aromatic rings. The van der Waals surface area contributed by atoms with E-state index in [-0.39, 0.29) is 17.8 Å². The molecule has 6 nitrogen and oxygen atoms in total. The fourth-order valence-corrected chi connectivity index (χ4v) is 5.63. The topological polar surface area (TPSA) is 82.8 Å². The molecule has 0 radical (unpaired) electrons. The number of aromatic nitrogens is 1. The van der Waals surface area contributed by atoms with Crippen molar-refractivity contribution in [3.8, 4) is 11.8 Å². The Morgan fingerprint density at radius 3 is 2.12 bits per heavy atom. The van der Waals surface area contributed by atoms with Crippen LogP contribution in [-0.4, -0.2) is 46.3 Å². The van der Waals surface area contributed by atoms with Crippen LogP contribution in [0.3, 0.4) is 0 Å². The SMILES string of the molecule is CC(C1CC1)C(C)N(CCCn1c(O)c2c(c1O)CCCC2)S(C)(=O)=O. The first-order chi connectivity index (χ1) is 12.2. The van der Waals surface area contributed by atoms with Gasteiger partial charge in [-0.1, -0.05) is 6.92 Å². The van der Waals surface area contributed by atoms with Gasteiger partial charge in [-0.25, -0.2) is 8.42 Å². The van der Waals surface area contributed by atoms with E-state index in [1.165, 1.54) is 19.1 Å². The molecule has 0 aromatic carbocycles. The highest BCUT2D eigenvalue weighted by atomic mass is 32.2. The first-order valence-electron chi connectivity index (χ1n) is 9.80. The lowest BCUT2D eigenvalue weighted by molar-refractivity contribution is 0.239. The highest BCUT2D eigenvalue weighted by Gasteiger charge is 2.36. The molecule has 0 spiro atoms. The molecular weight excluding hydrogens is 352 g/mol. The molecule has 0 saturated heterocycles. The van der Waals surface area contributed by atoms with Crippen LogP contribution < -0.4 is 0 Å². The van der Waals surface area contributed by atoms with E-state index in [4.69, 9.17) is 0 Å². The summed E-state index contributed by atoms with van der Waals surface area (Å²) in [7, 11) is -3.29. The second-order valence-electron chi connectivity index (χ2n) is 8.13. The van der Waals surface area contributed by atoms with Crippen molar-refractivity contribution in [2.45, 2.75) is 71.4 Å². The van der Waals surface area contributed by atoms with Crippen LogP contribution in [0, 0.1) is 11.8 Å². The van der Waals surface area contributed by atoms with E-state index in [1.807, 2.05) is 6.92 Å². The summed E-state index contributed by atoms with van der Waals surface area (Å²) in [6, 6.07) is -0.0300. The van der Waals surface area contributed by atoms with Gasteiger partial charge in [-0.15, -0.1) is 0 Å². The van der Waals surface area contributed by atoms with Crippen LogP contribution in [0.4, 0.5) is 0 Å². The van der Waals surface area contributed by atoms with E-state index in [1.54, 1.807) is 8.87 Å². The summed E-state index contributed by atoms with van der Waals surface area (Å²) < 4.78 is 27.7. The molecule has 0 aliphatic heterocycles. The first kappa shape index (κ1) is 19.5. The molecule has 1 heterocycles. The Morgan fingerprint density at radius 1 is 1.12 bits per heavy atom. The van der Waals surface area contributed by atoms with Gasteiger partial charge >= 0.3 is 0 Å². The molecule has 3 rings (SSSR count). The number of fused-ring (bicyclic) bond motifs is 1.